The molecule has 0 spiro atoms. The van der Waals surface area contributed by atoms with Crippen molar-refractivity contribution in [2.75, 3.05) is 5.73 Å². The summed E-state index contributed by atoms with van der Waals surface area (Å²) < 4.78 is 48.4. The Morgan fingerprint density at radius 2 is 1.87 bits per heavy atom. The minimum Gasteiger partial charge on any atom is -0.452 e. The number of nitrogen functional groups attached to an aromatic ring is 1. The van der Waals surface area contributed by atoms with Crippen molar-refractivity contribution in [3.63, 3.8) is 0 Å². The van der Waals surface area contributed by atoms with Gasteiger partial charge in [0.25, 0.3) is 5.92 Å². The zero-order chi connectivity index (χ0) is 22.0. The van der Waals surface area contributed by atoms with Crippen LogP contribution in [0.2, 0.25) is 0 Å². The molecule has 4 rings (SSSR count). The Labute approximate surface area is 177 Å². The lowest BCUT2D eigenvalue weighted by molar-refractivity contribution is -0.140. The Kier molecular flexibility index (Phi) is 5.63. The molecule has 0 saturated heterocycles. The zero-order valence-corrected chi connectivity index (χ0v) is 16.5. The Morgan fingerprint density at radius 1 is 1.10 bits per heavy atom. The van der Waals surface area contributed by atoms with Crippen LogP contribution in [0.4, 0.5) is 19.0 Å². The third kappa shape index (κ3) is 4.52. The van der Waals surface area contributed by atoms with Crippen molar-refractivity contribution in [2.24, 2.45) is 0 Å². The molecule has 3 aromatic rings. The van der Waals surface area contributed by atoms with Gasteiger partial charge in [-0.2, -0.15) is 0 Å². The predicted molar refractivity (Wildman–Crippen MR) is 109 cm³/mol. The van der Waals surface area contributed by atoms with Crippen LogP contribution >= 0.6 is 0 Å². The van der Waals surface area contributed by atoms with Gasteiger partial charge in [-0.3, -0.25) is 0 Å². The Hall–Kier alpha value is -3.42. The highest BCUT2D eigenvalue weighted by Gasteiger charge is 2.48. The number of carbonyl (C=O) groups excluding carboxylic acids is 1. The van der Waals surface area contributed by atoms with Crippen LogP contribution in [0.1, 0.15) is 41.2 Å². The van der Waals surface area contributed by atoms with Gasteiger partial charge in [0.1, 0.15) is 17.3 Å². The van der Waals surface area contributed by atoms with Crippen LogP contribution in [0.25, 0.3) is 11.3 Å². The zero-order valence-electron chi connectivity index (χ0n) is 16.5. The van der Waals surface area contributed by atoms with Crippen molar-refractivity contribution < 1.29 is 22.7 Å². The number of nitrogens with two attached hydrogens (primary N) is 1. The van der Waals surface area contributed by atoms with Crippen LogP contribution in [-0.2, 0) is 4.74 Å². The third-order valence-corrected chi connectivity index (χ3v) is 5.36. The van der Waals surface area contributed by atoms with Gasteiger partial charge >= 0.3 is 5.97 Å². The molecule has 1 aliphatic rings. The molecule has 1 heterocycles. The first-order valence-corrected chi connectivity index (χ1v) is 9.85. The van der Waals surface area contributed by atoms with Crippen LogP contribution in [0.3, 0.4) is 0 Å². The molecule has 2 atom stereocenters. The minimum atomic E-state index is -3.23. The number of aromatic nitrogens is 2. The van der Waals surface area contributed by atoms with Crippen molar-refractivity contribution in [2.45, 2.75) is 37.2 Å². The number of esters is 1. The number of hydrogen-bond acceptors (Lipinski definition) is 5. The second-order valence-corrected chi connectivity index (χ2v) is 7.54. The van der Waals surface area contributed by atoms with E-state index in [2.05, 4.69) is 9.97 Å². The van der Waals surface area contributed by atoms with E-state index in [0.29, 0.717) is 17.7 Å². The maximum atomic E-state index is 14.8. The van der Waals surface area contributed by atoms with Crippen molar-refractivity contribution in [1.82, 2.24) is 9.97 Å². The number of rotatable bonds is 4. The van der Waals surface area contributed by atoms with E-state index < -0.39 is 36.2 Å². The van der Waals surface area contributed by atoms with Gasteiger partial charge < -0.3 is 10.5 Å². The topological polar surface area (TPSA) is 78.1 Å². The van der Waals surface area contributed by atoms with Gasteiger partial charge in [-0.15, -0.1) is 0 Å². The molecule has 1 fully saturated rings. The smallest absolute Gasteiger partial charge is 0.338 e. The van der Waals surface area contributed by atoms with Crippen LogP contribution < -0.4 is 5.73 Å². The third-order valence-electron chi connectivity index (χ3n) is 5.36. The molecule has 2 aromatic carbocycles. The Morgan fingerprint density at radius 3 is 2.58 bits per heavy atom. The number of halogens is 3. The quantitative estimate of drug-likeness (QED) is 0.594. The van der Waals surface area contributed by atoms with Crippen LogP contribution in [0, 0.1) is 5.82 Å². The van der Waals surface area contributed by atoms with Gasteiger partial charge in [0.2, 0.25) is 0 Å². The molecule has 1 aliphatic carbocycles. The predicted octanol–water partition coefficient (Wildman–Crippen LogP) is 4.99. The highest BCUT2D eigenvalue weighted by Crippen LogP contribution is 2.43. The van der Waals surface area contributed by atoms with E-state index in [1.807, 2.05) is 0 Å². The van der Waals surface area contributed by atoms with E-state index >= 15 is 0 Å². The number of alkyl halides is 2. The summed E-state index contributed by atoms with van der Waals surface area (Å²) in [7, 11) is 0. The van der Waals surface area contributed by atoms with Gasteiger partial charge in [-0.25, -0.2) is 27.9 Å². The molecule has 31 heavy (non-hydrogen) atoms. The van der Waals surface area contributed by atoms with E-state index in [4.69, 9.17) is 10.5 Å². The number of nitrogens with zero attached hydrogens (tertiary/aromatic N) is 2. The fourth-order valence-corrected chi connectivity index (χ4v) is 3.75. The lowest BCUT2D eigenvalue weighted by Gasteiger charge is -2.35. The number of carbonyl (C=O) groups is 1. The molecule has 160 valence electrons. The SMILES string of the molecule is Nc1ncc(C2CCC(OC(=O)c3ccccc3)C(F)(F)C2)nc1-c1cccc(F)c1. The summed E-state index contributed by atoms with van der Waals surface area (Å²) in [5, 5.41) is 0. The van der Waals surface area contributed by atoms with Gasteiger partial charge in [0.05, 0.1) is 17.5 Å². The summed E-state index contributed by atoms with van der Waals surface area (Å²) >= 11 is 0. The molecule has 0 bridgehead atoms. The highest BCUT2D eigenvalue weighted by molar-refractivity contribution is 5.89. The molecule has 5 nitrogen and oxygen atoms in total. The molecule has 0 aliphatic heterocycles. The van der Waals surface area contributed by atoms with Crippen molar-refractivity contribution >= 4 is 11.8 Å². The first-order chi connectivity index (χ1) is 14.8. The van der Waals surface area contributed by atoms with Crippen LogP contribution in [0.5, 0.6) is 0 Å². The molecule has 2 unspecified atom stereocenters. The van der Waals surface area contributed by atoms with Crippen molar-refractivity contribution in [3.05, 3.63) is 77.9 Å². The van der Waals surface area contributed by atoms with Gasteiger partial charge in [-0.1, -0.05) is 30.3 Å². The number of anilines is 1. The first kappa shape index (κ1) is 20.8. The molecule has 0 radical (unpaired) electrons. The van der Waals surface area contributed by atoms with Gasteiger partial charge in [0.15, 0.2) is 6.10 Å². The van der Waals surface area contributed by atoms with E-state index in [9.17, 15) is 18.0 Å². The maximum absolute atomic E-state index is 14.8. The summed E-state index contributed by atoms with van der Waals surface area (Å²) in [5.41, 5.74) is 7.13. The van der Waals surface area contributed by atoms with Crippen molar-refractivity contribution in [3.8, 4) is 11.3 Å². The Balaban J connectivity index is 1.52. The first-order valence-electron chi connectivity index (χ1n) is 9.85. The second kappa shape index (κ2) is 8.37. The molecule has 0 amide bonds. The number of ether oxygens (including phenoxy) is 1. The van der Waals surface area contributed by atoms with Crippen LogP contribution in [0.15, 0.2) is 60.8 Å². The standard InChI is InChI=1S/C23H20F3N3O2/c24-17-8-4-7-15(11-17)20-21(27)28-13-18(29-20)16-9-10-19(23(25,26)12-16)31-22(30)14-5-2-1-3-6-14/h1-8,11,13,16,19H,9-10,12H2,(H2,27,28). The second-order valence-electron chi connectivity index (χ2n) is 7.54. The molecular formula is C23H20F3N3O2. The monoisotopic (exact) mass is 427 g/mol. The summed E-state index contributed by atoms with van der Waals surface area (Å²) in [6, 6.07) is 13.7. The minimum absolute atomic E-state index is 0.0163. The lowest BCUT2D eigenvalue weighted by Crippen LogP contribution is -2.42. The average molecular weight is 427 g/mol. The number of benzene rings is 2. The summed E-state index contributed by atoms with van der Waals surface area (Å²) in [6.07, 6.45) is -0.363. The molecule has 8 heteroatoms. The van der Waals surface area contributed by atoms with E-state index in [1.165, 1.54) is 36.5 Å². The largest absolute Gasteiger partial charge is 0.452 e. The fraction of sp³-hybridized carbons (Fsp3) is 0.261. The van der Waals surface area contributed by atoms with E-state index in [1.54, 1.807) is 24.3 Å². The van der Waals surface area contributed by atoms with Crippen LogP contribution in [-0.4, -0.2) is 28.0 Å². The average Bonchev–Trinajstić information content (AvgIpc) is 2.76. The van der Waals surface area contributed by atoms with E-state index in [0.717, 1.165) is 0 Å². The fourth-order valence-electron chi connectivity index (χ4n) is 3.75. The summed E-state index contributed by atoms with van der Waals surface area (Å²) in [4.78, 5) is 20.7. The van der Waals surface area contributed by atoms with Crippen molar-refractivity contribution in [1.29, 1.82) is 0 Å². The summed E-state index contributed by atoms with van der Waals surface area (Å²) in [6.45, 7) is 0. The molecular weight excluding hydrogens is 407 g/mol. The molecule has 2 N–H and O–H groups in total. The van der Waals surface area contributed by atoms with Gasteiger partial charge in [-0.05, 0) is 37.1 Å². The Bertz CT molecular complexity index is 1090. The molecule has 1 aromatic heterocycles. The van der Waals surface area contributed by atoms with E-state index in [-0.39, 0.29) is 23.5 Å². The maximum Gasteiger partial charge on any atom is 0.338 e. The highest BCUT2D eigenvalue weighted by atomic mass is 19.3. The summed E-state index contributed by atoms with van der Waals surface area (Å²) in [5.74, 6) is -4.97. The normalized spacial score (nSPS) is 20.2. The molecule has 1 saturated carbocycles. The van der Waals surface area contributed by atoms with Gasteiger partial charge in [0, 0.05) is 17.9 Å². The number of hydrogen-bond donors (Lipinski definition) is 1. The lowest BCUT2D eigenvalue weighted by atomic mass is 9.82.